The molecule has 106 valence electrons. The highest BCUT2D eigenvalue weighted by Crippen LogP contribution is 2.34. The molecule has 2 rings (SSSR count). The summed E-state index contributed by atoms with van der Waals surface area (Å²) in [5, 5.41) is 12.5. The van der Waals surface area contributed by atoms with Gasteiger partial charge in [-0.25, -0.2) is 0 Å². The summed E-state index contributed by atoms with van der Waals surface area (Å²) >= 11 is 0. The molecule has 1 amide bonds. The van der Waals surface area contributed by atoms with Crippen LogP contribution in [0.2, 0.25) is 0 Å². The van der Waals surface area contributed by atoms with E-state index in [4.69, 9.17) is 4.74 Å². The normalized spacial score (nSPS) is 38.7. The van der Waals surface area contributed by atoms with Crippen LogP contribution in [0, 0.1) is 23.2 Å². The number of amides is 1. The van der Waals surface area contributed by atoms with Gasteiger partial charge in [-0.1, -0.05) is 13.3 Å². The van der Waals surface area contributed by atoms with E-state index in [-0.39, 0.29) is 17.9 Å². The van der Waals surface area contributed by atoms with Gasteiger partial charge in [-0.3, -0.25) is 4.79 Å². The van der Waals surface area contributed by atoms with Crippen molar-refractivity contribution in [1.82, 2.24) is 5.32 Å². The summed E-state index contributed by atoms with van der Waals surface area (Å²) in [6.45, 7) is 4.78. The average molecular weight is 264 g/mol. The third-order valence-corrected chi connectivity index (χ3v) is 4.83. The predicted octanol–water partition coefficient (Wildman–Crippen LogP) is 2.39. The number of hydrogen-bond donors (Lipinski definition) is 1. The first-order chi connectivity index (χ1) is 9.10. The highest BCUT2D eigenvalue weighted by molar-refractivity contribution is 5.80. The van der Waals surface area contributed by atoms with E-state index in [9.17, 15) is 10.1 Å². The van der Waals surface area contributed by atoms with Crippen molar-refractivity contribution in [2.24, 2.45) is 11.8 Å². The van der Waals surface area contributed by atoms with Gasteiger partial charge in [-0.15, -0.1) is 0 Å². The fourth-order valence-corrected chi connectivity index (χ4v) is 3.25. The number of nitrogens with zero attached hydrogens (tertiary/aromatic N) is 1. The van der Waals surface area contributed by atoms with Crippen molar-refractivity contribution in [2.75, 3.05) is 6.61 Å². The van der Waals surface area contributed by atoms with Gasteiger partial charge in [0, 0.05) is 6.61 Å². The molecule has 2 aliphatic rings. The lowest BCUT2D eigenvalue weighted by atomic mass is 9.76. The zero-order valence-corrected chi connectivity index (χ0v) is 11.9. The van der Waals surface area contributed by atoms with Gasteiger partial charge in [0.05, 0.1) is 18.1 Å². The summed E-state index contributed by atoms with van der Waals surface area (Å²) < 4.78 is 5.43. The quantitative estimate of drug-likeness (QED) is 0.851. The number of nitrogens with one attached hydrogen (secondary N) is 1. The zero-order chi connectivity index (χ0) is 13.9. The Morgan fingerprint density at radius 2 is 2.11 bits per heavy atom. The molecule has 4 nitrogen and oxygen atoms in total. The molecule has 1 N–H and O–H groups in total. The molecule has 0 spiro atoms. The van der Waals surface area contributed by atoms with E-state index in [0.717, 1.165) is 32.1 Å². The zero-order valence-electron chi connectivity index (χ0n) is 11.9. The smallest absolute Gasteiger partial charge is 0.227 e. The van der Waals surface area contributed by atoms with Crippen molar-refractivity contribution in [3.05, 3.63) is 0 Å². The van der Waals surface area contributed by atoms with Crippen molar-refractivity contribution in [2.45, 2.75) is 64.0 Å². The van der Waals surface area contributed by atoms with Crippen LogP contribution in [-0.4, -0.2) is 24.2 Å². The van der Waals surface area contributed by atoms with E-state index in [1.165, 1.54) is 6.42 Å². The van der Waals surface area contributed by atoms with Gasteiger partial charge >= 0.3 is 0 Å². The van der Waals surface area contributed by atoms with Crippen LogP contribution in [-0.2, 0) is 9.53 Å². The molecule has 1 heterocycles. The van der Waals surface area contributed by atoms with E-state index >= 15 is 0 Å². The maximum Gasteiger partial charge on any atom is 0.227 e. The van der Waals surface area contributed by atoms with Gasteiger partial charge < -0.3 is 10.1 Å². The topological polar surface area (TPSA) is 62.1 Å². The summed E-state index contributed by atoms with van der Waals surface area (Å²) in [4.78, 5) is 12.3. The molecule has 2 unspecified atom stereocenters. The van der Waals surface area contributed by atoms with Crippen molar-refractivity contribution in [3.8, 4) is 6.07 Å². The second kappa shape index (κ2) is 5.92. The SMILES string of the molecule is CCC1CCC(C#N)(NC(=O)C2CCOC2C)CC1. The molecule has 1 aliphatic heterocycles. The van der Waals surface area contributed by atoms with Gasteiger partial charge in [-0.2, -0.15) is 5.26 Å². The average Bonchev–Trinajstić information content (AvgIpc) is 2.86. The molecule has 0 aromatic carbocycles. The number of hydrogen-bond acceptors (Lipinski definition) is 3. The van der Waals surface area contributed by atoms with Crippen molar-refractivity contribution < 1.29 is 9.53 Å². The van der Waals surface area contributed by atoms with Gasteiger partial charge in [-0.05, 0) is 44.9 Å². The molecule has 0 radical (unpaired) electrons. The summed E-state index contributed by atoms with van der Waals surface area (Å²) in [5.74, 6) is 0.628. The number of rotatable bonds is 3. The third kappa shape index (κ3) is 3.09. The Kier molecular flexibility index (Phi) is 4.46. The lowest BCUT2D eigenvalue weighted by Gasteiger charge is -2.36. The molecule has 2 fully saturated rings. The predicted molar refractivity (Wildman–Crippen MR) is 72.3 cm³/mol. The van der Waals surface area contributed by atoms with Crippen molar-refractivity contribution in [1.29, 1.82) is 5.26 Å². The molecule has 2 atom stereocenters. The Hall–Kier alpha value is -1.08. The van der Waals surface area contributed by atoms with Gasteiger partial charge in [0.25, 0.3) is 0 Å². The van der Waals surface area contributed by atoms with Gasteiger partial charge in [0.2, 0.25) is 5.91 Å². The molecule has 1 saturated heterocycles. The second-order valence-electron chi connectivity index (χ2n) is 6.01. The number of carbonyl (C=O) groups excluding carboxylic acids is 1. The minimum atomic E-state index is -0.634. The second-order valence-corrected chi connectivity index (χ2v) is 6.01. The lowest BCUT2D eigenvalue weighted by molar-refractivity contribution is -0.128. The fourth-order valence-electron chi connectivity index (χ4n) is 3.25. The Morgan fingerprint density at radius 1 is 1.42 bits per heavy atom. The van der Waals surface area contributed by atoms with Gasteiger partial charge in [0.1, 0.15) is 5.54 Å². The monoisotopic (exact) mass is 264 g/mol. The fraction of sp³-hybridized carbons (Fsp3) is 0.867. The van der Waals surface area contributed by atoms with Crippen LogP contribution in [0.25, 0.3) is 0 Å². The standard InChI is InChI=1S/C15H24N2O2/c1-3-12-4-7-15(10-16,8-5-12)17-14(18)13-6-9-19-11(13)2/h11-13H,3-9H2,1-2H3,(H,17,18). The minimum Gasteiger partial charge on any atom is -0.378 e. The van der Waals surface area contributed by atoms with Gasteiger partial charge in [0.15, 0.2) is 0 Å². The van der Waals surface area contributed by atoms with Crippen LogP contribution in [0.15, 0.2) is 0 Å². The summed E-state index contributed by atoms with van der Waals surface area (Å²) in [7, 11) is 0. The molecule has 1 saturated carbocycles. The van der Waals surface area contributed by atoms with Crippen molar-refractivity contribution >= 4 is 5.91 Å². The maximum atomic E-state index is 12.3. The van der Waals surface area contributed by atoms with Crippen molar-refractivity contribution in [3.63, 3.8) is 0 Å². The first-order valence-electron chi connectivity index (χ1n) is 7.45. The molecule has 0 bridgehead atoms. The minimum absolute atomic E-state index is 0.00139. The van der Waals surface area contributed by atoms with Crippen LogP contribution in [0.3, 0.4) is 0 Å². The van der Waals surface area contributed by atoms with Crippen LogP contribution < -0.4 is 5.32 Å². The van der Waals surface area contributed by atoms with Crippen LogP contribution in [0.1, 0.15) is 52.4 Å². The highest BCUT2D eigenvalue weighted by Gasteiger charge is 2.40. The molecule has 0 aromatic heterocycles. The van der Waals surface area contributed by atoms with E-state index in [2.05, 4.69) is 18.3 Å². The first-order valence-corrected chi connectivity index (χ1v) is 7.45. The Labute approximate surface area is 115 Å². The molecule has 19 heavy (non-hydrogen) atoms. The Morgan fingerprint density at radius 3 is 2.58 bits per heavy atom. The molecular weight excluding hydrogens is 240 g/mol. The lowest BCUT2D eigenvalue weighted by Crippen LogP contribution is -2.52. The van der Waals surface area contributed by atoms with Crippen LogP contribution in [0.4, 0.5) is 0 Å². The van der Waals surface area contributed by atoms with Crippen LogP contribution in [0.5, 0.6) is 0 Å². The third-order valence-electron chi connectivity index (χ3n) is 4.83. The van der Waals surface area contributed by atoms with E-state index < -0.39 is 5.54 Å². The number of carbonyl (C=O) groups is 1. The number of ether oxygens (including phenoxy) is 1. The summed E-state index contributed by atoms with van der Waals surface area (Å²) in [6.07, 6.45) is 5.57. The van der Waals surface area contributed by atoms with E-state index in [0.29, 0.717) is 12.5 Å². The molecule has 0 aromatic rings. The van der Waals surface area contributed by atoms with E-state index in [1.807, 2.05) is 6.92 Å². The Bertz CT molecular complexity index is 367. The summed E-state index contributed by atoms with van der Waals surface area (Å²) in [6, 6.07) is 2.36. The van der Waals surface area contributed by atoms with Crippen LogP contribution >= 0.6 is 0 Å². The molecule has 1 aliphatic carbocycles. The summed E-state index contributed by atoms with van der Waals surface area (Å²) in [5.41, 5.74) is -0.634. The molecule has 4 heteroatoms. The Balaban J connectivity index is 1.96. The highest BCUT2D eigenvalue weighted by atomic mass is 16.5. The first kappa shape index (κ1) is 14.3. The van der Waals surface area contributed by atoms with E-state index in [1.54, 1.807) is 0 Å². The maximum absolute atomic E-state index is 12.3. The molecular formula is C15H24N2O2. The largest absolute Gasteiger partial charge is 0.378 e. The number of nitriles is 1.